The monoisotopic (exact) mass is 548 g/mol. The molecule has 0 bridgehead atoms. The lowest BCUT2D eigenvalue weighted by Crippen LogP contribution is -2.33. The van der Waals surface area contributed by atoms with Crippen LogP contribution in [0.3, 0.4) is 0 Å². The van der Waals surface area contributed by atoms with Crippen LogP contribution in [0, 0.1) is 13.8 Å². The first-order valence-corrected chi connectivity index (χ1v) is 12.2. The largest absolute Gasteiger partial charge is 0.416 e. The molecule has 0 fully saturated rings. The molecule has 0 radical (unpaired) electrons. The molecule has 1 aliphatic heterocycles. The average Bonchev–Trinajstić information content (AvgIpc) is 3.37. The first-order valence-electron chi connectivity index (χ1n) is 12.2. The number of amides is 2. The molecule has 11 heteroatoms. The lowest BCUT2D eigenvalue weighted by Gasteiger charge is -2.22. The van der Waals surface area contributed by atoms with Gasteiger partial charge in [-0.25, -0.2) is 4.98 Å². The van der Waals surface area contributed by atoms with Crippen LogP contribution in [0.4, 0.5) is 18.9 Å². The summed E-state index contributed by atoms with van der Waals surface area (Å²) in [7, 11) is 0. The lowest BCUT2D eigenvalue weighted by atomic mass is 10.0. The number of anilines is 1. The van der Waals surface area contributed by atoms with Gasteiger partial charge in [-0.2, -0.15) is 13.2 Å². The van der Waals surface area contributed by atoms with Crippen LogP contribution >= 0.6 is 0 Å². The minimum absolute atomic E-state index is 0.0213. The van der Waals surface area contributed by atoms with E-state index in [-0.39, 0.29) is 29.4 Å². The van der Waals surface area contributed by atoms with E-state index in [4.69, 9.17) is 0 Å². The molecule has 8 nitrogen and oxygen atoms in total. The maximum Gasteiger partial charge on any atom is 0.416 e. The summed E-state index contributed by atoms with van der Waals surface area (Å²) >= 11 is 0. The van der Waals surface area contributed by atoms with Crippen LogP contribution in [0.1, 0.15) is 32.7 Å². The van der Waals surface area contributed by atoms with Gasteiger partial charge in [0.2, 0.25) is 0 Å². The zero-order chi connectivity index (χ0) is 28.9. The molecule has 1 aliphatic rings. The highest BCUT2D eigenvalue weighted by Crippen LogP contribution is 2.33. The number of hydrogen-bond donors (Lipinski definition) is 2. The van der Waals surface area contributed by atoms with Gasteiger partial charge < -0.3 is 20.1 Å². The normalized spacial score (nSPS) is 13.3. The molecule has 40 heavy (non-hydrogen) atoms. The maximum absolute atomic E-state index is 13.6. The Morgan fingerprint density at radius 3 is 2.60 bits per heavy atom. The van der Waals surface area contributed by atoms with Crippen LogP contribution < -0.4 is 10.6 Å². The van der Waals surface area contributed by atoms with Crippen LogP contribution in [0.2, 0.25) is 0 Å². The van der Waals surface area contributed by atoms with E-state index in [2.05, 4.69) is 27.3 Å². The third-order valence-electron chi connectivity index (χ3n) is 6.13. The highest BCUT2D eigenvalue weighted by atomic mass is 19.4. The molecular weight excluding hydrogens is 521 g/mol. The fourth-order valence-corrected chi connectivity index (χ4v) is 4.03. The standard InChI is InChI=1S/C29H27F3N6O2/c1-19-7-8-21(11-22(19)15-34-28(40)26(16-33-3)37-9-5-4-6-10-37)27(39)36-24-12-23(29(30,31)32)13-25(14-24)38-17-20(2)35-18-38/h4-9,11-14,16-18H,3,10,15H2,1-2H3,(H,34,40)(H,36,39)/b26-16-. The smallest absolute Gasteiger partial charge is 0.347 e. The van der Waals surface area contributed by atoms with Gasteiger partial charge in [-0.3, -0.25) is 14.6 Å². The summed E-state index contributed by atoms with van der Waals surface area (Å²) in [5.41, 5.74) is 1.92. The summed E-state index contributed by atoms with van der Waals surface area (Å²) in [6.45, 7) is 7.59. The second-order valence-electron chi connectivity index (χ2n) is 9.09. The van der Waals surface area contributed by atoms with Crippen LogP contribution in [0.25, 0.3) is 5.69 Å². The number of benzene rings is 2. The molecule has 0 unspecified atom stereocenters. The summed E-state index contributed by atoms with van der Waals surface area (Å²) in [5, 5.41) is 5.40. The van der Waals surface area contributed by atoms with Gasteiger partial charge in [-0.15, -0.1) is 0 Å². The van der Waals surface area contributed by atoms with Crippen LogP contribution in [-0.4, -0.2) is 39.5 Å². The Morgan fingerprint density at radius 2 is 1.95 bits per heavy atom. The number of alkyl halides is 3. The van der Waals surface area contributed by atoms with Crippen molar-refractivity contribution in [1.29, 1.82) is 0 Å². The molecule has 4 rings (SSSR count). The molecule has 2 N–H and O–H groups in total. The Balaban J connectivity index is 1.52. The van der Waals surface area contributed by atoms with Gasteiger partial charge in [0.25, 0.3) is 11.8 Å². The van der Waals surface area contributed by atoms with Gasteiger partial charge in [-0.05, 0) is 68.1 Å². The molecule has 0 saturated heterocycles. The Labute approximate surface area is 229 Å². The van der Waals surface area contributed by atoms with E-state index in [1.54, 1.807) is 48.5 Å². The van der Waals surface area contributed by atoms with Crippen molar-refractivity contribution in [3.8, 4) is 5.69 Å². The number of halogens is 3. The minimum atomic E-state index is -4.62. The quantitative estimate of drug-likeness (QED) is 0.295. The van der Waals surface area contributed by atoms with E-state index in [1.165, 1.54) is 23.2 Å². The Hall–Kier alpha value is -4.93. The third kappa shape index (κ3) is 6.73. The number of allylic oxidation sites excluding steroid dienone is 2. The van der Waals surface area contributed by atoms with Crippen molar-refractivity contribution < 1.29 is 22.8 Å². The predicted molar refractivity (Wildman–Crippen MR) is 147 cm³/mol. The van der Waals surface area contributed by atoms with Crippen molar-refractivity contribution in [2.24, 2.45) is 4.99 Å². The van der Waals surface area contributed by atoms with Crippen molar-refractivity contribution in [2.75, 3.05) is 11.9 Å². The minimum Gasteiger partial charge on any atom is -0.347 e. The van der Waals surface area contributed by atoms with Gasteiger partial charge in [-0.1, -0.05) is 18.2 Å². The van der Waals surface area contributed by atoms with Crippen LogP contribution in [0.15, 0.2) is 90.2 Å². The zero-order valence-electron chi connectivity index (χ0n) is 21.9. The summed E-state index contributed by atoms with van der Waals surface area (Å²) in [6, 6.07) is 8.19. The van der Waals surface area contributed by atoms with E-state index >= 15 is 0 Å². The summed E-state index contributed by atoms with van der Waals surface area (Å²) in [4.78, 5) is 35.5. The van der Waals surface area contributed by atoms with Gasteiger partial charge >= 0.3 is 6.18 Å². The zero-order valence-corrected chi connectivity index (χ0v) is 21.9. The second-order valence-corrected chi connectivity index (χ2v) is 9.09. The fourth-order valence-electron chi connectivity index (χ4n) is 4.03. The van der Waals surface area contributed by atoms with Crippen LogP contribution in [-0.2, 0) is 17.5 Å². The SMILES string of the molecule is C=N/C=C(/C(=O)NCc1cc(C(=O)Nc2cc(-n3cnc(C)c3)cc(C(F)(F)F)c2)ccc1C)N1C=CC=CC1. The number of hydrogen-bond acceptors (Lipinski definition) is 5. The molecule has 206 valence electrons. The van der Waals surface area contributed by atoms with Gasteiger partial charge in [0.15, 0.2) is 0 Å². The number of aromatic nitrogens is 2. The molecule has 2 amide bonds. The first kappa shape index (κ1) is 28.1. The molecule has 3 aromatic rings. The summed E-state index contributed by atoms with van der Waals surface area (Å²) in [5.74, 6) is -0.978. The lowest BCUT2D eigenvalue weighted by molar-refractivity contribution is -0.137. The third-order valence-corrected chi connectivity index (χ3v) is 6.13. The van der Waals surface area contributed by atoms with Crippen molar-refractivity contribution in [3.05, 3.63) is 113 Å². The summed E-state index contributed by atoms with van der Waals surface area (Å²) in [6.07, 6.45) is 7.04. The predicted octanol–water partition coefficient (Wildman–Crippen LogP) is 5.30. The van der Waals surface area contributed by atoms with Crippen LogP contribution in [0.5, 0.6) is 0 Å². The van der Waals surface area contributed by atoms with E-state index < -0.39 is 17.6 Å². The van der Waals surface area contributed by atoms with Gasteiger partial charge in [0.1, 0.15) is 5.70 Å². The van der Waals surface area contributed by atoms with Crippen molar-refractivity contribution >= 4 is 24.2 Å². The molecule has 0 atom stereocenters. The molecule has 0 spiro atoms. The van der Waals surface area contributed by atoms with E-state index in [0.717, 1.165) is 17.7 Å². The second kappa shape index (κ2) is 11.9. The van der Waals surface area contributed by atoms with Crippen molar-refractivity contribution in [2.45, 2.75) is 26.6 Å². The molecule has 0 saturated carbocycles. The highest BCUT2D eigenvalue weighted by molar-refractivity contribution is 6.04. The highest BCUT2D eigenvalue weighted by Gasteiger charge is 2.31. The molecule has 2 aromatic carbocycles. The molecule has 1 aromatic heterocycles. The Bertz CT molecular complexity index is 1530. The Kier molecular flexibility index (Phi) is 8.32. The van der Waals surface area contributed by atoms with Crippen molar-refractivity contribution in [1.82, 2.24) is 19.8 Å². The number of aryl methyl sites for hydroxylation is 2. The van der Waals surface area contributed by atoms with E-state index in [9.17, 15) is 22.8 Å². The fraction of sp³-hybridized carbons (Fsp3) is 0.172. The number of imidazole rings is 1. The number of carbonyl (C=O) groups is 2. The number of carbonyl (C=O) groups excluding carboxylic acids is 2. The van der Waals surface area contributed by atoms with E-state index in [1.807, 2.05) is 19.1 Å². The first-order chi connectivity index (χ1) is 19.0. The average molecular weight is 549 g/mol. The van der Waals surface area contributed by atoms with Gasteiger partial charge in [0, 0.05) is 42.4 Å². The van der Waals surface area contributed by atoms with E-state index in [0.29, 0.717) is 23.5 Å². The molecule has 0 aliphatic carbocycles. The Morgan fingerprint density at radius 1 is 1.15 bits per heavy atom. The van der Waals surface area contributed by atoms with Crippen molar-refractivity contribution in [3.63, 3.8) is 0 Å². The number of nitrogens with zero attached hydrogens (tertiary/aromatic N) is 4. The molecule has 2 heterocycles. The number of rotatable bonds is 8. The maximum atomic E-state index is 13.6. The topological polar surface area (TPSA) is 91.6 Å². The van der Waals surface area contributed by atoms with Gasteiger partial charge in [0.05, 0.1) is 23.8 Å². The summed E-state index contributed by atoms with van der Waals surface area (Å²) < 4.78 is 42.3. The number of aliphatic imine (C=N–C) groups is 1. The molecular formula is C29H27F3N6O2. The number of nitrogens with one attached hydrogen (secondary N) is 2.